The first-order valence-corrected chi connectivity index (χ1v) is 9.70. The lowest BCUT2D eigenvalue weighted by Crippen LogP contribution is -2.44. The van der Waals surface area contributed by atoms with E-state index in [9.17, 15) is 23.1 Å². The second kappa shape index (κ2) is 7.98. The van der Waals surface area contributed by atoms with Gasteiger partial charge < -0.3 is 10.8 Å². The summed E-state index contributed by atoms with van der Waals surface area (Å²) in [4.78, 5) is 15.5. The van der Waals surface area contributed by atoms with Gasteiger partial charge in [-0.15, -0.1) is 0 Å². The number of halogens is 3. The topological polar surface area (TPSA) is 102 Å². The summed E-state index contributed by atoms with van der Waals surface area (Å²) >= 11 is 0. The number of carbonyl (C=O) groups excluding carboxylic acids is 1. The summed E-state index contributed by atoms with van der Waals surface area (Å²) in [5.74, 6) is -2.75. The summed E-state index contributed by atoms with van der Waals surface area (Å²) < 4.78 is 42.2. The molecule has 0 saturated heterocycles. The monoisotopic (exact) mass is 428 g/mol. The minimum Gasteiger partial charge on any atom is -0.506 e. The molecular formula is C22H19F3N4O2. The second-order valence-corrected chi connectivity index (χ2v) is 7.71. The number of primary amides is 1. The highest BCUT2D eigenvalue weighted by Gasteiger charge is 2.48. The Hall–Kier alpha value is -3.49. The summed E-state index contributed by atoms with van der Waals surface area (Å²) in [7, 11) is 0. The Morgan fingerprint density at radius 1 is 1.13 bits per heavy atom. The molecule has 0 bridgehead atoms. The first-order chi connectivity index (χ1) is 14.8. The molecule has 1 aliphatic carbocycles. The maximum absolute atomic E-state index is 14.3. The van der Waals surface area contributed by atoms with Crippen molar-refractivity contribution in [3.63, 3.8) is 0 Å². The van der Waals surface area contributed by atoms with E-state index in [0.717, 1.165) is 12.1 Å². The molecule has 0 aliphatic heterocycles. The smallest absolute Gasteiger partial charge is 0.252 e. The van der Waals surface area contributed by atoms with Crippen LogP contribution in [0.2, 0.25) is 0 Å². The van der Waals surface area contributed by atoms with Crippen molar-refractivity contribution in [1.29, 1.82) is 0 Å². The van der Waals surface area contributed by atoms with Crippen LogP contribution in [-0.2, 0) is 11.8 Å². The molecule has 1 fully saturated rings. The molecular weight excluding hydrogens is 409 g/mol. The molecule has 0 radical (unpaired) electrons. The first kappa shape index (κ1) is 20.8. The number of hydrogen-bond donors (Lipinski definition) is 2. The van der Waals surface area contributed by atoms with E-state index in [4.69, 9.17) is 5.73 Å². The minimum absolute atomic E-state index is 0.0276. The van der Waals surface area contributed by atoms with Crippen LogP contribution in [0.15, 0.2) is 42.6 Å². The number of pyridine rings is 1. The first-order valence-electron chi connectivity index (χ1n) is 9.70. The molecule has 2 aromatic heterocycles. The number of aromatic hydroxyl groups is 1. The second-order valence-electron chi connectivity index (χ2n) is 7.71. The van der Waals surface area contributed by atoms with Gasteiger partial charge in [-0.25, -0.2) is 13.2 Å². The Morgan fingerprint density at radius 3 is 2.52 bits per heavy atom. The van der Waals surface area contributed by atoms with Gasteiger partial charge in [0.1, 0.15) is 23.6 Å². The van der Waals surface area contributed by atoms with Gasteiger partial charge in [-0.1, -0.05) is 0 Å². The Morgan fingerprint density at radius 2 is 1.90 bits per heavy atom. The standard InChI is InChI=1S/C22H19F3N4O2/c23-12-10-22(11-12,20-16(25)2-1-9-27-20)8-7-13-3-6-17(29-28-13)18-15(24)5-4-14(19(18)30)21(26)31/h1-6,9,12,30H,7-8,10-11H2,(H2,26,31). The lowest BCUT2D eigenvalue weighted by Gasteiger charge is -2.44. The van der Waals surface area contributed by atoms with E-state index in [-0.39, 0.29) is 35.4 Å². The molecule has 9 heteroatoms. The highest BCUT2D eigenvalue weighted by molar-refractivity contribution is 5.97. The van der Waals surface area contributed by atoms with Crippen LogP contribution >= 0.6 is 0 Å². The van der Waals surface area contributed by atoms with Crippen LogP contribution in [0, 0.1) is 11.6 Å². The van der Waals surface area contributed by atoms with Gasteiger partial charge in [0, 0.05) is 11.6 Å². The third-order valence-corrected chi connectivity index (χ3v) is 5.71. The van der Waals surface area contributed by atoms with Gasteiger partial charge in [-0.05, 0) is 62.1 Å². The normalized spacial score (nSPS) is 20.3. The molecule has 1 amide bonds. The number of benzene rings is 1. The highest BCUT2D eigenvalue weighted by Crippen LogP contribution is 2.48. The maximum atomic E-state index is 14.3. The average molecular weight is 428 g/mol. The number of nitrogens with two attached hydrogens (primary N) is 1. The number of nitrogens with zero attached hydrogens (tertiary/aromatic N) is 3. The molecule has 2 heterocycles. The molecule has 0 spiro atoms. The van der Waals surface area contributed by atoms with Crippen molar-refractivity contribution in [2.24, 2.45) is 5.73 Å². The Kier molecular flexibility index (Phi) is 5.34. The van der Waals surface area contributed by atoms with Gasteiger partial charge in [-0.2, -0.15) is 10.2 Å². The average Bonchev–Trinajstić information content (AvgIpc) is 2.71. The maximum Gasteiger partial charge on any atom is 0.252 e. The Balaban J connectivity index is 1.55. The molecule has 3 aromatic rings. The number of carbonyl (C=O) groups is 1. The SMILES string of the molecule is NC(=O)c1ccc(F)c(-c2ccc(CCC3(c4ncccc4F)CC(F)C3)nn2)c1O. The zero-order chi connectivity index (χ0) is 22.2. The zero-order valence-corrected chi connectivity index (χ0v) is 16.4. The zero-order valence-electron chi connectivity index (χ0n) is 16.4. The van der Waals surface area contributed by atoms with Gasteiger partial charge in [0.2, 0.25) is 0 Å². The molecule has 31 heavy (non-hydrogen) atoms. The van der Waals surface area contributed by atoms with Gasteiger partial charge in [0.25, 0.3) is 5.91 Å². The molecule has 160 valence electrons. The minimum atomic E-state index is -1.00. The fourth-order valence-electron chi connectivity index (χ4n) is 4.08. The summed E-state index contributed by atoms with van der Waals surface area (Å²) in [6.45, 7) is 0. The summed E-state index contributed by atoms with van der Waals surface area (Å²) in [5, 5.41) is 18.2. The predicted octanol–water partition coefficient (Wildman–Crippen LogP) is 3.62. The molecule has 1 aliphatic rings. The van der Waals surface area contributed by atoms with Crippen LogP contribution in [-0.4, -0.2) is 32.4 Å². The van der Waals surface area contributed by atoms with E-state index in [1.807, 2.05) is 0 Å². The molecule has 1 saturated carbocycles. The van der Waals surface area contributed by atoms with Crippen LogP contribution < -0.4 is 5.73 Å². The molecule has 0 atom stereocenters. The number of rotatable bonds is 6. The molecule has 4 rings (SSSR count). The van der Waals surface area contributed by atoms with E-state index in [0.29, 0.717) is 18.5 Å². The van der Waals surface area contributed by atoms with Gasteiger partial charge >= 0.3 is 0 Å². The Bertz CT molecular complexity index is 1130. The third-order valence-electron chi connectivity index (χ3n) is 5.71. The van der Waals surface area contributed by atoms with Crippen molar-refractivity contribution in [2.75, 3.05) is 0 Å². The Labute approximate surface area is 176 Å². The van der Waals surface area contributed by atoms with Gasteiger partial charge in [0.15, 0.2) is 0 Å². The largest absolute Gasteiger partial charge is 0.506 e. The van der Waals surface area contributed by atoms with Crippen molar-refractivity contribution in [3.05, 3.63) is 71.2 Å². The number of phenols is 1. The molecule has 1 aromatic carbocycles. The van der Waals surface area contributed by atoms with E-state index >= 15 is 0 Å². The van der Waals surface area contributed by atoms with Crippen LogP contribution in [0.4, 0.5) is 13.2 Å². The van der Waals surface area contributed by atoms with E-state index < -0.39 is 34.9 Å². The van der Waals surface area contributed by atoms with E-state index in [2.05, 4.69) is 15.2 Å². The van der Waals surface area contributed by atoms with Crippen LogP contribution in [0.1, 0.15) is 41.0 Å². The molecule has 3 N–H and O–H groups in total. The van der Waals surface area contributed by atoms with Crippen molar-refractivity contribution >= 4 is 5.91 Å². The van der Waals surface area contributed by atoms with Crippen molar-refractivity contribution < 1.29 is 23.1 Å². The third kappa shape index (κ3) is 3.83. The van der Waals surface area contributed by atoms with Gasteiger partial charge in [-0.3, -0.25) is 9.78 Å². The van der Waals surface area contributed by atoms with E-state index in [1.165, 1.54) is 24.4 Å². The fraction of sp³-hybridized carbons (Fsp3) is 0.273. The lowest BCUT2D eigenvalue weighted by molar-refractivity contribution is 0.0794. The quantitative estimate of drug-likeness (QED) is 0.624. The number of hydrogen-bond acceptors (Lipinski definition) is 5. The summed E-state index contributed by atoms with van der Waals surface area (Å²) in [6, 6.07) is 7.95. The highest BCUT2D eigenvalue weighted by atomic mass is 19.1. The van der Waals surface area contributed by atoms with Crippen LogP contribution in [0.3, 0.4) is 0 Å². The van der Waals surface area contributed by atoms with E-state index in [1.54, 1.807) is 6.07 Å². The molecule has 6 nitrogen and oxygen atoms in total. The van der Waals surface area contributed by atoms with Crippen molar-refractivity contribution in [1.82, 2.24) is 15.2 Å². The van der Waals surface area contributed by atoms with Crippen molar-refractivity contribution in [3.8, 4) is 17.0 Å². The number of aryl methyl sites for hydroxylation is 1. The summed E-state index contributed by atoms with van der Waals surface area (Å²) in [6.07, 6.45) is 1.66. The predicted molar refractivity (Wildman–Crippen MR) is 106 cm³/mol. The van der Waals surface area contributed by atoms with Gasteiger partial charge in [0.05, 0.1) is 28.2 Å². The number of amides is 1. The number of alkyl halides is 1. The summed E-state index contributed by atoms with van der Waals surface area (Å²) in [5.41, 5.74) is 4.79. The molecule has 0 unspecified atom stereocenters. The fourth-order valence-corrected chi connectivity index (χ4v) is 4.08. The van der Waals surface area contributed by atoms with Crippen LogP contribution in [0.25, 0.3) is 11.3 Å². The van der Waals surface area contributed by atoms with Crippen LogP contribution in [0.5, 0.6) is 5.75 Å². The number of aromatic nitrogens is 3. The lowest BCUT2D eigenvalue weighted by atomic mass is 9.62. The van der Waals surface area contributed by atoms with Crippen molar-refractivity contribution in [2.45, 2.75) is 37.3 Å².